The quantitative estimate of drug-likeness (QED) is 0.820. The first kappa shape index (κ1) is 13.9. The first-order valence-corrected chi connectivity index (χ1v) is 6.11. The monoisotopic (exact) mass is 274 g/mol. The van der Waals surface area contributed by atoms with E-state index in [1.807, 2.05) is 36.4 Å². The molecule has 0 saturated carbocycles. The molecule has 5 heteroatoms. The summed E-state index contributed by atoms with van der Waals surface area (Å²) in [5.41, 5.74) is 8.10. The third-order valence-electron chi connectivity index (χ3n) is 2.96. The molecule has 0 amide bonds. The molecule has 0 heterocycles. The molecule has 3 N–H and O–H groups in total. The summed E-state index contributed by atoms with van der Waals surface area (Å²) in [6, 6.07) is 11.1. The molecule has 0 aliphatic carbocycles. The van der Waals surface area contributed by atoms with Gasteiger partial charge in [-0.25, -0.2) is 0 Å². The van der Waals surface area contributed by atoms with E-state index in [0.29, 0.717) is 17.2 Å². The molecule has 0 spiro atoms. The van der Waals surface area contributed by atoms with Gasteiger partial charge in [0.15, 0.2) is 0 Å². The Balaban J connectivity index is 2.38. The van der Waals surface area contributed by atoms with Gasteiger partial charge in [0.1, 0.15) is 17.2 Å². The number of hydrogen-bond donors (Lipinski definition) is 2. The van der Waals surface area contributed by atoms with Crippen LogP contribution in [0.5, 0.6) is 17.2 Å². The Kier molecular flexibility index (Phi) is 4.20. The van der Waals surface area contributed by atoms with Gasteiger partial charge in [0.25, 0.3) is 0 Å². The van der Waals surface area contributed by atoms with Crippen molar-refractivity contribution < 1.29 is 14.2 Å². The molecule has 0 aliphatic heterocycles. The highest BCUT2D eigenvalue weighted by molar-refractivity contribution is 5.79. The van der Waals surface area contributed by atoms with Gasteiger partial charge >= 0.3 is 0 Å². The highest BCUT2D eigenvalue weighted by Crippen LogP contribution is 2.36. The Hall–Kier alpha value is -2.56. The molecule has 0 aromatic heterocycles. The average molecular weight is 274 g/mol. The predicted molar refractivity (Wildman–Crippen MR) is 80.2 cm³/mol. The molecule has 20 heavy (non-hydrogen) atoms. The molecule has 0 fully saturated rings. The third kappa shape index (κ3) is 2.71. The van der Waals surface area contributed by atoms with Crippen molar-refractivity contribution in [2.45, 2.75) is 0 Å². The van der Waals surface area contributed by atoms with E-state index in [1.54, 1.807) is 21.3 Å². The van der Waals surface area contributed by atoms with E-state index in [1.165, 1.54) is 0 Å². The summed E-state index contributed by atoms with van der Waals surface area (Å²) in [7, 11) is 4.81. The Labute approximate surface area is 118 Å². The maximum absolute atomic E-state index is 6.04. The minimum absolute atomic E-state index is 0.542. The Morgan fingerprint density at radius 2 is 1.60 bits per heavy atom. The second kappa shape index (κ2) is 6.06. The number of para-hydroxylation sites is 1. The van der Waals surface area contributed by atoms with Crippen molar-refractivity contribution >= 4 is 17.1 Å². The summed E-state index contributed by atoms with van der Waals surface area (Å²) in [5, 5.41) is 3.23. The number of anilines is 3. The van der Waals surface area contributed by atoms with Gasteiger partial charge in [-0.3, -0.25) is 0 Å². The third-order valence-corrected chi connectivity index (χ3v) is 2.96. The molecule has 0 radical (unpaired) electrons. The Morgan fingerprint density at radius 1 is 0.850 bits per heavy atom. The lowest BCUT2D eigenvalue weighted by Gasteiger charge is -2.15. The topological polar surface area (TPSA) is 65.7 Å². The molecule has 0 bridgehead atoms. The summed E-state index contributed by atoms with van der Waals surface area (Å²) in [6.45, 7) is 0. The van der Waals surface area contributed by atoms with Gasteiger partial charge in [-0.1, -0.05) is 6.07 Å². The number of nitrogens with one attached hydrogen (secondary N) is 1. The van der Waals surface area contributed by atoms with Crippen molar-refractivity contribution in [1.82, 2.24) is 0 Å². The SMILES string of the molecule is COc1ccc(OC)c(Nc2cccc(OC)c2N)c1. The Bertz CT molecular complexity index is 600. The average Bonchev–Trinajstić information content (AvgIpc) is 2.49. The van der Waals surface area contributed by atoms with Crippen molar-refractivity contribution in [3.05, 3.63) is 36.4 Å². The fourth-order valence-corrected chi connectivity index (χ4v) is 1.89. The minimum atomic E-state index is 0.542. The molecule has 0 aliphatic rings. The fourth-order valence-electron chi connectivity index (χ4n) is 1.89. The molecule has 2 aromatic rings. The standard InChI is InChI=1S/C15H18N2O3/c1-18-10-7-8-13(19-2)12(9-10)17-11-5-4-6-14(20-3)15(11)16/h4-9,17H,16H2,1-3H3. The van der Waals surface area contributed by atoms with E-state index in [2.05, 4.69) is 5.32 Å². The van der Waals surface area contributed by atoms with Crippen LogP contribution in [0, 0.1) is 0 Å². The van der Waals surface area contributed by atoms with Crippen LogP contribution in [0.3, 0.4) is 0 Å². The van der Waals surface area contributed by atoms with Crippen LogP contribution in [0.2, 0.25) is 0 Å². The van der Waals surface area contributed by atoms with Crippen LogP contribution in [0.15, 0.2) is 36.4 Å². The van der Waals surface area contributed by atoms with Crippen LogP contribution in [0.1, 0.15) is 0 Å². The van der Waals surface area contributed by atoms with Gasteiger partial charge in [0.05, 0.1) is 38.4 Å². The highest BCUT2D eigenvalue weighted by atomic mass is 16.5. The fraction of sp³-hybridized carbons (Fsp3) is 0.200. The van der Waals surface area contributed by atoms with Crippen molar-refractivity contribution in [3.63, 3.8) is 0 Å². The van der Waals surface area contributed by atoms with Gasteiger partial charge < -0.3 is 25.3 Å². The number of hydrogen-bond acceptors (Lipinski definition) is 5. The van der Waals surface area contributed by atoms with Crippen LogP contribution >= 0.6 is 0 Å². The van der Waals surface area contributed by atoms with Crippen molar-refractivity contribution in [2.75, 3.05) is 32.4 Å². The summed E-state index contributed by atoms with van der Waals surface area (Å²) in [4.78, 5) is 0. The number of benzene rings is 2. The molecule has 2 aromatic carbocycles. The van der Waals surface area contributed by atoms with E-state index in [4.69, 9.17) is 19.9 Å². The number of ether oxygens (including phenoxy) is 3. The molecule has 2 rings (SSSR count). The second-order valence-electron chi connectivity index (χ2n) is 4.11. The first-order chi connectivity index (χ1) is 9.69. The number of methoxy groups -OCH3 is 3. The molecule has 0 unspecified atom stereocenters. The largest absolute Gasteiger partial charge is 0.497 e. The zero-order valence-electron chi connectivity index (χ0n) is 11.8. The first-order valence-electron chi connectivity index (χ1n) is 6.11. The summed E-state index contributed by atoms with van der Waals surface area (Å²) < 4.78 is 15.7. The van der Waals surface area contributed by atoms with Crippen LogP contribution in [-0.2, 0) is 0 Å². The van der Waals surface area contributed by atoms with Crippen LogP contribution in [0.4, 0.5) is 17.1 Å². The van der Waals surface area contributed by atoms with Gasteiger partial charge in [0, 0.05) is 6.07 Å². The Morgan fingerprint density at radius 3 is 2.25 bits per heavy atom. The zero-order valence-corrected chi connectivity index (χ0v) is 11.8. The minimum Gasteiger partial charge on any atom is -0.497 e. The van der Waals surface area contributed by atoms with Crippen LogP contribution in [0.25, 0.3) is 0 Å². The predicted octanol–water partition coefficient (Wildman–Crippen LogP) is 3.04. The lowest BCUT2D eigenvalue weighted by atomic mass is 10.2. The summed E-state index contributed by atoms with van der Waals surface area (Å²) in [6.07, 6.45) is 0. The van der Waals surface area contributed by atoms with Crippen molar-refractivity contribution in [2.24, 2.45) is 0 Å². The summed E-state index contributed by atoms with van der Waals surface area (Å²) >= 11 is 0. The van der Waals surface area contributed by atoms with Gasteiger partial charge in [-0.2, -0.15) is 0 Å². The summed E-state index contributed by atoms with van der Waals surface area (Å²) in [5.74, 6) is 2.06. The van der Waals surface area contributed by atoms with Gasteiger partial charge in [-0.15, -0.1) is 0 Å². The van der Waals surface area contributed by atoms with E-state index in [9.17, 15) is 0 Å². The maximum atomic E-state index is 6.04. The second-order valence-corrected chi connectivity index (χ2v) is 4.11. The molecule has 5 nitrogen and oxygen atoms in total. The molecule has 106 valence electrons. The van der Waals surface area contributed by atoms with Gasteiger partial charge in [0.2, 0.25) is 0 Å². The smallest absolute Gasteiger partial charge is 0.143 e. The maximum Gasteiger partial charge on any atom is 0.143 e. The molecular formula is C15H18N2O3. The van der Waals surface area contributed by atoms with E-state index in [-0.39, 0.29) is 0 Å². The van der Waals surface area contributed by atoms with E-state index in [0.717, 1.165) is 17.1 Å². The van der Waals surface area contributed by atoms with E-state index >= 15 is 0 Å². The van der Waals surface area contributed by atoms with Gasteiger partial charge in [-0.05, 0) is 24.3 Å². The van der Waals surface area contributed by atoms with E-state index < -0.39 is 0 Å². The van der Waals surface area contributed by atoms with Crippen molar-refractivity contribution in [3.8, 4) is 17.2 Å². The molecule has 0 atom stereocenters. The highest BCUT2D eigenvalue weighted by Gasteiger charge is 2.09. The molecule has 0 saturated heterocycles. The number of nitrogens with two attached hydrogens (primary N) is 1. The van der Waals surface area contributed by atoms with Crippen LogP contribution < -0.4 is 25.3 Å². The lowest BCUT2D eigenvalue weighted by Crippen LogP contribution is -2.00. The molecular weight excluding hydrogens is 256 g/mol. The number of rotatable bonds is 5. The number of nitrogen functional groups attached to an aromatic ring is 1. The normalized spacial score (nSPS) is 9.95. The van der Waals surface area contributed by atoms with Crippen LogP contribution in [-0.4, -0.2) is 21.3 Å². The zero-order chi connectivity index (χ0) is 14.5. The lowest BCUT2D eigenvalue weighted by molar-refractivity contribution is 0.405. The van der Waals surface area contributed by atoms with Crippen molar-refractivity contribution in [1.29, 1.82) is 0 Å².